The topological polar surface area (TPSA) is 56.7 Å². The van der Waals surface area contributed by atoms with E-state index in [1.807, 2.05) is 37.4 Å². The molecule has 0 spiro atoms. The molecule has 59 heavy (non-hydrogen) atoms. The number of hydrogen-bond donors (Lipinski definition) is 0. The molecule has 5 aromatic carbocycles. The Kier molecular flexibility index (Phi) is 12.3. The first kappa shape index (κ1) is 42.0. The third-order valence-electron chi connectivity index (χ3n) is 10.8. The minimum Gasteiger partial charge on any atom is -0.486 e. The van der Waals surface area contributed by atoms with Gasteiger partial charge in [-0.1, -0.05) is 81.1 Å². The van der Waals surface area contributed by atoms with E-state index in [-0.39, 0.29) is 20.1 Å². The Morgan fingerprint density at radius 2 is 1.41 bits per heavy atom. The Hall–Kier alpha value is -5.14. The maximum atomic E-state index is 6.44. The monoisotopic (exact) mass is 1010 g/mol. The molecule has 7 heteroatoms. The van der Waals surface area contributed by atoms with Crippen molar-refractivity contribution < 1.29 is 24.5 Å². The second-order valence-corrected chi connectivity index (χ2v) is 27.6. The summed E-state index contributed by atoms with van der Waals surface area (Å²) in [5.74, 6) is 8.55. The molecule has 0 saturated heterocycles. The molecular formula is C52H50GeIrN4O-2. The molecule has 0 unspecified atom stereocenters. The van der Waals surface area contributed by atoms with Gasteiger partial charge in [0.05, 0.1) is 22.4 Å². The number of hydrogen-bond acceptors (Lipinski definition) is 4. The summed E-state index contributed by atoms with van der Waals surface area (Å²) in [4.78, 5) is 14.5. The van der Waals surface area contributed by atoms with Crippen LogP contribution in [0.4, 0.5) is 0 Å². The summed E-state index contributed by atoms with van der Waals surface area (Å²) in [6, 6.07) is 49.2. The minimum absolute atomic E-state index is 0. The van der Waals surface area contributed by atoms with Crippen LogP contribution in [-0.4, -0.2) is 32.8 Å². The number of furan rings is 1. The number of aryl methyl sites for hydroxylation is 2. The normalized spacial score (nSPS) is 11.6. The summed E-state index contributed by atoms with van der Waals surface area (Å²) in [6.45, 7) is 13.2. The van der Waals surface area contributed by atoms with E-state index in [9.17, 15) is 0 Å². The van der Waals surface area contributed by atoms with Crippen molar-refractivity contribution >= 4 is 50.8 Å². The fourth-order valence-corrected chi connectivity index (χ4v) is 9.75. The van der Waals surface area contributed by atoms with Crippen LogP contribution in [0.5, 0.6) is 0 Å². The number of benzene rings is 5. The second-order valence-electron chi connectivity index (χ2n) is 16.9. The van der Waals surface area contributed by atoms with Crippen molar-refractivity contribution in [2.45, 2.75) is 70.6 Å². The zero-order valence-electron chi connectivity index (χ0n) is 35.3. The minimum atomic E-state index is -1.73. The Morgan fingerprint density at radius 3 is 2.05 bits per heavy atom. The molecule has 0 fully saturated rings. The Balaban J connectivity index is 0.000000247. The molecule has 9 aromatic rings. The van der Waals surface area contributed by atoms with Gasteiger partial charge in [-0.25, -0.2) is 4.98 Å². The third-order valence-corrected chi connectivity index (χ3v) is 15.1. The SMILES string of the molecule is Cc1c[c-]c(-c2cc[c]([Ge]([CH3])([CH3])[CH3])cn2)cc1.Cc1ccc2c(n1)oc1c(-c3nc4ccccc4n3-c3c(C(C)C)cc(-c4ccccc4)cc3C(C)C)[c-]ccc12.[Ir]. The molecule has 299 valence electrons. The summed E-state index contributed by atoms with van der Waals surface area (Å²) < 4.78 is 10.2. The van der Waals surface area contributed by atoms with Crippen molar-refractivity contribution in [3.8, 4) is 39.5 Å². The largest absolute Gasteiger partial charge is 0.486 e. The zero-order valence-corrected chi connectivity index (χ0v) is 39.8. The van der Waals surface area contributed by atoms with Gasteiger partial charge in [-0.15, -0.1) is 18.2 Å². The molecule has 0 atom stereocenters. The van der Waals surface area contributed by atoms with Crippen LogP contribution < -0.4 is 4.40 Å². The molecule has 1 radical (unpaired) electrons. The van der Waals surface area contributed by atoms with Crippen LogP contribution in [0, 0.1) is 26.0 Å². The summed E-state index contributed by atoms with van der Waals surface area (Å²) in [6.07, 6.45) is 2.04. The maximum absolute atomic E-state index is 6.44. The van der Waals surface area contributed by atoms with Crippen LogP contribution >= 0.6 is 0 Å². The van der Waals surface area contributed by atoms with Gasteiger partial charge in [-0.05, 0) is 77.4 Å². The summed E-state index contributed by atoms with van der Waals surface area (Å²) in [5.41, 5.74) is 14.7. The van der Waals surface area contributed by atoms with Crippen LogP contribution in [0.1, 0.15) is 61.9 Å². The summed E-state index contributed by atoms with van der Waals surface area (Å²) in [5, 5.41) is 2.02. The van der Waals surface area contributed by atoms with Crippen molar-refractivity contribution in [1.82, 2.24) is 19.5 Å². The first-order valence-electron chi connectivity index (χ1n) is 20.2. The number of imidazole rings is 1. The number of fused-ring (bicyclic) bond motifs is 4. The average Bonchev–Trinajstić information content (AvgIpc) is 3.79. The van der Waals surface area contributed by atoms with E-state index in [0.717, 1.165) is 55.7 Å². The molecular weight excluding hydrogens is 961 g/mol. The van der Waals surface area contributed by atoms with Crippen LogP contribution in [-0.2, 0) is 20.1 Å². The number of para-hydroxylation sites is 2. The van der Waals surface area contributed by atoms with Gasteiger partial charge in [0.25, 0.3) is 0 Å². The fraction of sp³-hybridized carbons (Fsp3) is 0.212. The van der Waals surface area contributed by atoms with Crippen LogP contribution in [0.25, 0.3) is 72.6 Å². The Morgan fingerprint density at radius 1 is 0.695 bits per heavy atom. The summed E-state index contributed by atoms with van der Waals surface area (Å²) in [7, 11) is 0. The molecule has 0 bridgehead atoms. The first-order valence-corrected chi connectivity index (χ1v) is 27.6. The molecule has 4 heterocycles. The predicted octanol–water partition coefficient (Wildman–Crippen LogP) is 13.4. The third kappa shape index (κ3) is 8.50. The smallest absolute Gasteiger partial charge is 0.216 e. The van der Waals surface area contributed by atoms with E-state index in [0.29, 0.717) is 17.5 Å². The molecule has 0 aliphatic carbocycles. The summed E-state index contributed by atoms with van der Waals surface area (Å²) >= 11 is -1.73. The standard InChI is InChI=1S/C37H32N3O.C15H18GeN.Ir/c1-22(2)30-20-26(25-12-7-6-8-13-25)21-31(23(3)4)34(30)40-33-17-10-9-16-32(33)39-36(40)29-15-11-14-27-28-19-18-24(5)38-37(28)41-35(27)29;1-12-5-7-13(8-6-12)15-10-9-14(11-17-15)16(2,3)4;/h6-14,16-23H,1-5H3;5-7,9-11H,1-4H3;/q2*-1;. The van der Waals surface area contributed by atoms with E-state index in [1.165, 1.54) is 37.9 Å². The first-order chi connectivity index (χ1) is 27.9. The maximum Gasteiger partial charge on any atom is 0.216 e. The van der Waals surface area contributed by atoms with Gasteiger partial charge in [-0.2, -0.15) is 0 Å². The molecule has 0 N–H and O–H groups in total. The zero-order chi connectivity index (χ0) is 40.7. The van der Waals surface area contributed by atoms with Crippen molar-refractivity contribution in [3.05, 3.63) is 162 Å². The van der Waals surface area contributed by atoms with Crippen molar-refractivity contribution in [2.75, 3.05) is 0 Å². The number of pyridine rings is 2. The van der Waals surface area contributed by atoms with Crippen molar-refractivity contribution in [1.29, 1.82) is 0 Å². The quantitative estimate of drug-likeness (QED) is 0.118. The molecule has 0 aliphatic heterocycles. The van der Waals surface area contributed by atoms with Gasteiger partial charge in [0.1, 0.15) is 0 Å². The fourth-order valence-electron chi connectivity index (χ4n) is 7.58. The van der Waals surface area contributed by atoms with Gasteiger partial charge < -0.3 is 8.98 Å². The van der Waals surface area contributed by atoms with Crippen LogP contribution in [0.3, 0.4) is 0 Å². The number of aromatic nitrogens is 4. The number of rotatable bonds is 7. The van der Waals surface area contributed by atoms with E-state index in [4.69, 9.17) is 9.40 Å². The second kappa shape index (κ2) is 17.2. The van der Waals surface area contributed by atoms with E-state index >= 15 is 0 Å². The molecule has 9 rings (SSSR count). The van der Waals surface area contributed by atoms with Gasteiger partial charge >= 0.3 is 106 Å². The molecule has 0 aliphatic rings. The van der Waals surface area contributed by atoms with Crippen LogP contribution in [0.2, 0.25) is 17.3 Å². The van der Waals surface area contributed by atoms with Crippen molar-refractivity contribution in [2.24, 2.45) is 0 Å². The molecule has 0 saturated carbocycles. The molecule has 4 aromatic heterocycles. The number of nitrogens with zero attached hydrogens (tertiary/aromatic N) is 4. The van der Waals surface area contributed by atoms with Gasteiger partial charge in [0.2, 0.25) is 5.71 Å². The van der Waals surface area contributed by atoms with E-state index < -0.39 is 13.3 Å². The molecule has 0 amide bonds. The Bertz CT molecular complexity index is 2860. The van der Waals surface area contributed by atoms with Gasteiger partial charge in [0, 0.05) is 36.9 Å². The molecule has 5 nitrogen and oxygen atoms in total. The van der Waals surface area contributed by atoms with Gasteiger partial charge in [-0.3, -0.25) is 4.98 Å². The van der Waals surface area contributed by atoms with Crippen LogP contribution in [0.15, 0.2) is 132 Å². The predicted molar refractivity (Wildman–Crippen MR) is 245 cm³/mol. The van der Waals surface area contributed by atoms with Gasteiger partial charge in [0.15, 0.2) is 0 Å². The van der Waals surface area contributed by atoms with E-state index in [1.54, 1.807) is 0 Å². The van der Waals surface area contributed by atoms with Crippen molar-refractivity contribution in [3.63, 3.8) is 0 Å². The Labute approximate surface area is 364 Å². The van der Waals surface area contributed by atoms with E-state index in [2.05, 4.69) is 176 Å². The average molecular weight is 1010 g/mol.